The smallest absolute Gasteiger partial charge is 0.219 e. The van der Waals surface area contributed by atoms with Crippen molar-refractivity contribution in [3.63, 3.8) is 0 Å². The number of hydrogen-bond acceptors (Lipinski definition) is 1. The van der Waals surface area contributed by atoms with E-state index < -0.39 is 0 Å². The zero-order valence-corrected chi connectivity index (χ0v) is 27.6. The molecule has 4 nitrogen and oxygen atoms in total. The molecule has 50 heavy (non-hydrogen) atoms. The summed E-state index contributed by atoms with van der Waals surface area (Å²) in [6, 6.07) is 49.1. The van der Waals surface area contributed by atoms with Gasteiger partial charge in [-0.15, -0.1) is 0 Å². The summed E-state index contributed by atoms with van der Waals surface area (Å²) in [7, 11) is 0. The van der Waals surface area contributed by atoms with E-state index in [1.807, 2.05) is 0 Å². The quantitative estimate of drug-likeness (QED) is 0.164. The van der Waals surface area contributed by atoms with Gasteiger partial charge in [-0.1, -0.05) is 66.7 Å². The van der Waals surface area contributed by atoms with E-state index in [4.69, 9.17) is 11.6 Å². The van der Waals surface area contributed by atoms with Crippen molar-refractivity contribution in [3.05, 3.63) is 164 Å². The number of aryl methyl sites for hydroxylation is 1. The zero-order chi connectivity index (χ0) is 32.9. The number of para-hydroxylation sites is 1. The molecule has 2 unspecified atom stereocenters. The maximum absolute atomic E-state index is 5.71. The monoisotopic (exact) mass is 642 g/mol. The Morgan fingerprint density at radius 2 is 1.38 bits per heavy atom. The van der Waals surface area contributed by atoms with Crippen molar-refractivity contribution in [2.75, 3.05) is 0 Å². The molecule has 0 spiro atoms. The van der Waals surface area contributed by atoms with Crippen molar-refractivity contribution in [2.24, 2.45) is 0 Å². The summed E-state index contributed by atoms with van der Waals surface area (Å²) in [6.07, 6.45) is 7.17. The van der Waals surface area contributed by atoms with Crippen molar-refractivity contribution < 1.29 is 9.13 Å². The van der Waals surface area contributed by atoms with Crippen molar-refractivity contribution in [1.29, 1.82) is 0 Å². The van der Waals surface area contributed by atoms with Crippen LogP contribution in [0.25, 0.3) is 77.6 Å². The molecule has 4 aromatic carbocycles. The minimum Gasteiger partial charge on any atom is -0.293 e. The highest BCUT2D eigenvalue weighted by Crippen LogP contribution is 2.46. The van der Waals surface area contributed by atoms with Gasteiger partial charge in [-0.05, 0) is 78.6 Å². The molecular weight excluding hydrogens is 609 g/mol. The summed E-state index contributed by atoms with van der Waals surface area (Å²) in [5.74, 6) is 0.321. The highest BCUT2D eigenvalue weighted by molar-refractivity contribution is 6.24. The predicted molar refractivity (Wildman–Crippen MR) is 202 cm³/mol. The molecule has 4 heteroatoms. The van der Waals surface area contributed by atoms with E-state index in [1.165, 1.54) is 66.1 Å². The lowest BCUT2D eigenvalue weighted by molar-refractivity contribution is -0.720. The van der Waals surface area contributed by atoms with Crippen molar-refractivity contribution in [2.45, 2.75) is 31.2 Å². The molecule has 0 fully saturated rings. The second kappa shape index (κ2) is 10.4. The van der Waals surface area contributed by atoms with Gasteiger partial charge in [0, 0.05) is 57.3 Å². The van der Waals surface area contributed by atoms with Crippen LogP contribution in [0.4, 0.5) is 0 Å². The second-order valence-corrected chi connectivity index (χ2v) is 14.0. The van der Waals surface area contributed by atoms with Crippen LogP contribution >= 0.6 is 0 Å². The van der Waals surface area contributed by atoms with Crippen LogP contribution in [-0.2, 0) is 6.42 Å². The Labute approximate surface area is 290 Å². The highest BCUT2D eigenvalue weighted by atomic mass is 15.1. The standard InChI is InChI=1S/C46H34N4/c1-29-25-44-35(32-15-5-6-16-33(32)41-18-10-12-24-49(41)44)21-22-40-39(42-19-9-11-23-48(29)42)28-38-37-27-31(30-13-3-2-4-14-30)26-36-34-17-7-8-20-43(34)50(45(36)37)46(38)47-40/h2-20,23-24,26-28,35,44H,1,21-22,25H2/q+2. The first kappa shape index (κ1) is 27.8. The number of rotatable bonds is 1. The SMILES string of the molecule is C=C1CC2C(CCc3nc4c(cc3-c3cccc[n+]31)c1cc(-c3ccccc3)cc3c5ccccc5n4c31)c1ccccc1-c1cccc[n+]12. The van der Waals surface area contributed by atoms with Gasteiger partial charge in [-0.25, -0.2) is 4.98 Å². The van der Waals surface area contributed by atoms with Crippen LogP contribution in [0.2, 0.25) is 0 Å². The van der Waals surface area contributed by atoms with Crippen LogP contribution in [-0.4, -0.2) is 9.38 Å². The fraction of sp³-hybridized carbons (Fsp3) is 0.109. The van der Waals surface area contributed by atoms with Crippen LogP contribution in [0.15, 0.2) is 152 Å². The Hall–Kier alpha value is -6.13. The number of allylic oxidation sites excluding steroid dienone is 1. The van der Waals surface area contributed by atoms with Gasteiger partial charge in [0.1, 0.15) is 5.65 Å². The zero-order valence-electron chi connectivity index (χ0n) is 27.6. The molecule has 0 bridgehead atoms. The Balaban J connectivity index is 1.19. The molecule has 0 N–H and O–H groups in total. The topological polar surface area (TPSA) is 25.1 Å². The summed E-state index contributed by atoms with van der Waals surface area (Å²) in [5.41, 5.74) is 14.6. The Bertz CT molecular complexity index is 2830. The summed E-state index contributed by atoms with van der Waals surface area (Å²) in [6.45, 7) is 4.75. The summed E-state index contributed by atoms with van der Waals surface area (Å²) >= 11 is 0. The molecular formula is C46H34N4+2. The second-order valence-electron chi connectivity index (χ2n) is 14.0. The molecule has 2 aliphatic heterocycles. The molecule has 11 rings (SSSR count). The van der Waals surface area contributed by atoms with Crippen LogP contribution in [0.5, 0.6) is 0 Å². The number of nitrogens with zero attached hydrogens (tertiary/aromatic N) is 4. The number of hydrogen-bond donors (Lipinski definition) is 0. The Morgan fingerprint density at radius 1 is 0.640 bits per heavy atom. The molecule has 0 saturated carbocycles. The lowest BCUT2D eigenvalue weighted by Gasteiger charge is -2.31. The van der Waals surface area contributed by atoms with E-state index in [0.717, 1.165) is 42.0 Å². The third-order valence-electron chi connectivity index (χ3n) is 11.4. The third-order valence-corrected chi connectivity index (χ3v) is 11.4. The van der Waals surface area contributed by atoms with Gasteiger partial charge in [-0.3, -0.25) is 4.40 Å². The molecule has 5 aromatic heterocycles. The van der Waals surface area contributed by atoms with E-state index in [9.17, 15) is 0 Å². The molecule has 9 aromatic rings. The number of benzene rings is 4. The minimum absolute atomic E-state index is 0.249. The van der Waals surface area contributed by atoms with E-state index >= 15 is 0 Å². The molecule has 7 heterocycles. The van der Waals surface area contributed by atoms with Crippen LogP contribution < -0.4 is 9.13 Å². The van der Waals surface area contributed by atoms with Crippen molar-refractivity contribution in [3.8, 4) is 33.6 Å². The average Bonchev–Trinajstić information content (AvgIpc) is 3.68. The minimum atomic E-state index is 0.249. The van der Waals surface area contributed by atoms with Gasteiger partial charge in [-0.2, -0.15) is 9.13 Å². The van der Waals surface area contributed by atoms with Crippen molar-refractivity contribution >= 4 is 43.9 Å². The molecule has 0 amide bonds. The number of aromatic nitrogens is 4. The Kier molecular flexibility index (Phi) is 5.80. The molecule has 0 saturated heterocycles. The first-order valence-corrected chi connectivity index (χ1v) is 17.7. The first-order chi connectivity index (χ1) is 24.7. The summed E-state index contributed by atoms with van der Waals surface area (Å²) in [4.78, 5) is 5.71. The van der Waals surface area contributed by atoms with Gasteiger partial charge in [0.2, 0.25) is 11.4 Å². The highest BCUT2D eigenvalue weighted by Gasteiger charge is 2.42. The van der Waals surface area contributed by atoms with Crippen LogP contribution in [0.3, 0.4) is 0 Å². The maximum Gasteiger partial charge on any atom is 0.219 e. The van der Waals surface area contributed by atoms with E-state index in [0.29, 0.717) is 5.92 Å². The van der Waals surface area contributed by atoms with E-state index in [2.05, 4.69) is 159 Å². The van der Waals surface area contributed by atoms with Crippen LogP contribution in [0, 0.1) is 0 Å². The lowest BCUT2D eigenvalue weighted by Crippen LogP contribution is -2.49. The molecule has 2 atom stereocenters. The van der Waals surface area contributed by atoms with Gasteiger partial charge in [0.15, 0.2) is 24.1 Å². The fourth-order valence-electron chi connectivity index (χ4n) is 9.23. The first-order valence-electron chi connectivity index (χ1n) is 17.7. The van der Waals surface area contributed by atoms with Gasteiger partial charge < -0.3 is 0 Å². The predicted octanol–water partition coefficient (Wildman–Crippen LogP) is 9.95. The normalized spacial score (nSPS) is 17.0. The maximum atomic E-state index is 5.71. The summed E-state index contributed by atoms with van der Waals surface area (Å²) < 4.78 is 7.25. The van der Waals surface area contributed by atoms with Gasteiger partial charge >= 0.3 is 0 Å². The molecule has 0 radical (unpaired) electrons. The third kappa shape index (κ3) is 3.84. The largest absolute Gasteiger partial charge is 0.293 e. The number of pyridine rings is 3. The molecule has 236 valence electrons. The fourth-order valence-corrected chi connectivity index (χ4v) is 9.23. The Morgan fingerprint density at radius 3 is 2.28 bits per heavy atom. The van der Waals surface area contributed by atoms with Gasteiger partial charge in [0.25, 0.3) is 0 Å². The number of fused-ring (bicyclic) bond motifs is 15. The van der Waals surface area contributed by atoms with Gasteiger partial charge in [0.05, 0.1) is 28.7 Å². The average molecular weight is 643 g/mol. The molecule has 2 aliphatic rings. The van der Waals surface area contributed by atoms with Crippen LogP contribution in [0.1, 0.15) is 36.1 Å². The molecule has 0 aliphatic carbocycles. The van der Waals surface area contributed by atoms with Crippen molar-refractivity contribution in [1.82, 2.24) is 9.38 Å². The lowest BCUT2D eigenvalue weighted by atomic mass is 9.78. The van der Waals surface area contributed by atoms with E-state index in [-0.39, 0.29) is 6.04 Å². The van der Waals surface area contributed by atoms with E-state index in [1.54, 1.807) is 0 Å². The summed E-state index contributed by atoms with van der Waals surface area (Å²) in [5, 5.41) is 4.98.